The maximum atomic E-state index is 6.25. The van der Waals surface area contributed by atoms with Crippen LogP contribution < -0.4 is 0 Å². The summed E-state index contributed by atoms with van der Waals surface area (Å²) in [5, 5.41) is 6.25. The van der Waals surface area contributed by atoms with E-state index in [4.69, 9.17) is 11.8 Å². The van der Waals surface area contributed by atoms with E-state index in [1.807, 2.05) is 0 Å². The third-order valence-corrected chi connectivity index (χ3v) is 3.94. The minimum atomic E-state index is 0. The predicted octanol–water partition coefficient (Wildman–Crippen LogP) is 5.21. The lowest BCUT2D eigenvalue weighted by Gasteiger charge is -2.39. The molecule has 0 spiro atoms. The smallest absolute Gasteiger partial charge is 0.512 e. The molecule has 0 aromatic rings. The summed E-state index contributed by atoms with van der Waals surface area (Å²) in [4.78, 5) is 0. The Balaban J connectivity index is -0.000000916. The van der Waals surface area contributed by atoms with Gasteiger partial charge in [0.2, 0.25) is 0 Å². The van der Waals surface area contributed by atoms with E-state index in [2.05, 4.69) is 27.7 Å². The van der Waals surface area contributed by atoms with Crippen LogP contribution in [0.4, 0.5) is 0 Å². The lowest BCUT2D eigenvalue weighted by molar-refractivity contribution is -0.929. The molecule has 19 heavy (non-hydrogen) atoms. The summed E-state index contributed by atoms with van der Waals surface area (Å²) < 4.78 is 1.42. The zero-order valence-corrected chi connectivity index (χ0v) is 13.9. The number of rotatable bonds is 12. The minimum Gasteiger partial charge on any atom is -0.512 e. The van der Waals surface area contributed by atoms with Crippen LogP contribution in [0, 0.1) is 11.8 Å². The van der Waals surface area contributed by atoms with Crippen LogP contribution in [0.1, 0.15) is 80.5 Å². The fourth-order valence-electron chi connectivity index (χ4n) is 2.64. The van der Waals surface area contributed by atoms with Crippen LogP contribution in [-0.4, -0.2) is 30.7 Å². The fraction of sp³-hybridized carbons (Fsp3) is 0.941. The summed E-state index contributed by atoms with van der Waals surface area (Å²) in [6.45, 7) is 19.8. The molecule has 2 heteroatoms. The van der Waals surface area contributed by atoms with Crippen LogP contribution in [0.25, 0.3) is 0 Å². The van der Waals surface area contributed by atoms with Crippen molar-refractivity contribution < 1.29 is 5.91 Å². The molecule has 0 atom stereocenters. The molecule has 0 saturated carbocycles. The van der Waals surface area contributed by atoms with Crippen LogP contribution in [0.2, 0.25) is 0 Å². The van der Waals surface area contributed by atoms with Crippen LogP contribution in [0.5, 0.6) is 0 Å². The Hall–Kier alpha value is -0.550. The van der Waals surface area contributed by atoms with Gasteiger partial charge in [0.25, 0.3) is 0 Å². The first-order valence-electron chi connectivity index (χ1n) is 8.32. The van der Waals surface area contributed by atoms with Gasteiger partial charge in [0, 0.05) is 0 Å². The Bertz CT molecular complexity index is 155. The van der Waals surface area contributed by atoms with E-state index in [9.17, 15) is 0 Å². The summed E-state index contributed by atoms with van der Waals surface area (Å²) in [5.41, 5.74) is 0. The van der Waals surface area contributed by atoms with Crippen molar-refractivity contribution in [1.82, 2.24) is 0 Å². The van der Waals surface area contributed by atoms with E-state index in [1.54, 1.807) is 0 Å². The fourth-order valence-corrected chi connectivity index (χ4v) is 2.64. The van der Waals surface area contributed by atoms with E-state index in [0.29, 0.717) is 0 Å². The molecule has 0 unspecified atom stereocenters. The van der Waals surface area contributed by atoms with E-state index in [-0.39, 0.29) is 1.43 Å². The Morgan fingerprint density at radius 1 is 0.632 bits per heavy atom. The normalized spacial score (nSPS) is 10.8. The number of hydrogen-bond donors (Lipinski definition) is 0. The Morgan fingerprint density at radius 2 is 0.842 bits per heavy atom. The van der Waals surface area contributed by atoms with Crippen molar-refractivity contribution in [2.24, 2.45) is 0 Å². The zero-order valence-electron chi connectivity index (χ0n) is 14.9. The van der Waals surface area contributed by atoms with Crippen LogP contribution in [0.3, 0.4) is 0 Å². The molecule has 0 radical (unpaired) electrons. The first-order chi connectivity index (χ1) is 9.24. The standard InChI is InChI=1S/C16H36N.CN/c1-5-9-13-17(14-10-6-2,15-11-7-3)16-12-8-4;1-2/h5-16H2,1-4H3;/q+1;-1/p+1. The summed E-state index contributed by atoms with van der Waals surface area (Å²) in [6, 6.07) is 0. The SMILES string of the molecule is CCCC[N+](CCCC)(CCCC)CCCC.[C-]#N.[H+]. The van der Waals surface area contributed by atoms with Crippen molar-refractivity contribution >= 4 is 0 Å². The molecule has 0 N–H and O–H groups in total. The topological polar surface area (TPSA) is 23.8 Å². The molecule has 0 aromatic heterocycles. The van der Waals surface area contributed by atoms with Gasteiger partial charge in [-0.1, -0.05) is 53.4 Å². The van der Waals surface area contributed by atoms with Gasteiger partial charge in [-0.25, -0.2) is 0 Å². The molecular weight excluding hydrogens is 232 g/mol. The lowest BCUT2D eigenvalue weighted by atomic mass is 10.1. The van der Waals surface area contributed by atoms with Crippen LogP contribution in [-0.2, 0) is 0 Å². The van der Waals surface area contributed by atoms with Crippen molar-refractivity contribution in [2.75, 3.05) is 26.2 Å². The summed E-state index contributed by atoms with van der Waals surface area (Å²) in [6.07, 6.45) is 11.1. The molecule has 0 rings (SSSR count). The second-order valence-corrected chi connectivity index (χ2v) is 5.65. The Kier molecular flexibility index (Phi) is 16.9. The summed E-state index contributed by atoms with van der Waals surface area (Å²) in [7, 11) is 0. The van der Waals surface area contributed by atoms with Gasteiger partial charge >= 0.3 is 1.43 Å². The van der Waals surface area contributed by atoms with Gasteiger partial charge in [-0.3, -0.25) is 0 Å². The van der Waals surface area contributed by atoms with Crippen molar-refractivity contribution in [3.63, 3.8) is 0 Å². The summed E-state index contributed by atoms with van der Waals surface area (Å²) in [5.74, 6) is 0. The number of quaternary nitrogens is 1. The monoisotopic (exact) mass is 269 g/mol. The highest BCUT2D eigenvalue weighted by molar-refractivity contribution is 4.49. The highest BCUT2D eigenvalue weighted by atomic mass is 15.3. The average molecular weight is 269 g/mol. The van der Waals surface area contributed by atoms with Crippen LogP contribution >= 0.6 is 0 Å². The number of nitrogens with zero attached hydrogens (tertiary/aromatic N) is 2. The third kappa shape index (κ3) is 11.0. The van der Waals surface area contributed by atoms with Gasteiger partial charge in [0.05, 0.1) is 26.2 Å². The van der Waals surface area contributed by atoms with Crippen LogP contribution in [0.15, 0.2) is 0 Å². The molecule has 2 nitrogen and oxygen atoms in total. The van der Waals surface area contributed by atoms with Gasteiger partial charge in [-0.05, 0) is 25.7 Å². The molecule has 0 bridgehead atoms. The molecule has 0 aliphatic rings. The van der Waals surface area contributed by atoms with Gasteiger partial charge < -0.3 is 16.3 Å². The Labute approximate surface area is 123 Å². The van der Waals surface area contributed by atoms with Gasteiger partial charge in [-0.15, -0.1) is 0 Å². The second-order valence-electron chi connectivity index (χ2n) is 5.65. The highest BCUT2D eigenvalue weighted by Gasteiger charge is 2.24. The third-order valence-electron chi connectivity index (χ3n) is 3.94. The van der Waals surface area contributed by atoms with Gasteiger partial charge in [0.1, 0.15) is 0 Å². The zero-order chi connectivity index (χ0) is 15.0. The molecule has 114 valence electrons. The van der Waals surface area contributed by atoms with E-state index >= 15 is 0 Å². The highest BCUT2D eigenvalue weighted by Crippen LogP contribution is 2.16. The predicted molar refractivity (Wildman–Crippen MR) is 85.4 cm³/mol. The molecule has 0 heterocycles. The van der Waals surface area contributed by atoms with E-state index in [0.717, 1.165) is 0 Å². The van der Waals surface area contributed by atoms with E-state index < -0.39 is 0 Å². The second kappa shape index (κ2) is 15.5. The number of unbranched alkanes of at least 4 members (excludes halogenated alkanes) is 4. The molecule has 0 aliphatic heterocycles. The first kappa shape index (κ1) is 20.8. The summed E-state index contributed by atoms with van der Waals surface area (Å²) >= 11 is 0. The average Bonchev–Trinajstić information content (AvgIpc) is 2.48. The molecule has 0 amide bonds. The maximum absolute atomic E-state index is 6.25. The van der Waals surface area contributed by atoms with Crippen molar-refractivity contribution in [3.8, 4) is 0 Å². The first-order valence-corrected chi connectivity index (χ1v) is 8.32. The molecular formula is C17H37N2+. The molecule has 0 aromatic carbocycles. The van der Waals surface area contributed by atoms with Crippen molar-refractivity contribution in [3.05, 3.63) is 6.57 Å². The minimum absolute atomic E-state index is 0. The van der Waals surface area contributed by atoms with E-state index in [1.165, 1.54) is 82.0 Å². The van der Waals surface area contributed by atoms with Crippen molar-refractivity contribution in [1.29, 1.82) is 5.26 Å². The largest absolute Gasteiger partial charge is 1.00 e. The lowest BCUT2D eigenvalue weighted by Crippen LogP contribution is -2.50. The molecule has 0 saturated heterocycles. The maximum Gasteiger partial charge on any atom is 1.00 e. The Morgan fingerprint density at radius 3 is 1.00 bits per heavy atom. The quantitative estimate of drug-likeness (QED) is 0.352. The molecule has 0 fully saturated rings. The number of hydrogen-bond acceptors (Lipinski definition) is 1. The molecule has 0 aliphatic carbocycles. The van der Waals surface area contributed by atoms with Crippen molar-refractivity contribution in [2.45, 2.75) is 79.1 Å². The van der Waals surface area contributed by atoms with Gasteiger partial charge in [0.15, 0.2) is 0 Å². The van der Waals surface area contributed by atoms with Gasteiger partial charge in [-0.2, -0.15) is 0 Å².